The van der Waals surface area contributed by atoms with E-state index in [1.165, 1.54) is 24.3 Å². The standard InChI is InChI=1S/C24H20N2O4S.C19H9F3O6.CH4/c25-17-3-1-5-21(15-17)29-19-7-11-23(12-8-19)31(27,28)24-13-9-20(10-14-24)30-22-6-2-4-18(26)16-22;1-18(19(20,21)22,8-2-4-10-12(6-8)16(25)27-14(10)23)9-3-5-11-13(7-9)17(26)28-15(11)24;/h1-16H,25-26H2;2-7H,1H3;1H4. The van der Waals surface area contributed by atoms with Crippen LogP contribution in [0.1, 0.15) is 66.9 Å². The first-order valence-electron chi connectivity index (χ1n) is 17.3. The van der Waals surface area contributed by atoms with Crippen LogP contribution >= 0.6 is 0 Å². The van der Waals surface area contributed by atoms with E-state index in [-0.39, 0.29) is 50.6 Å². The number of halogens is 3. The molecule has 0 aromatic heterocycles. The lowest BCUT2D eigenvalue weighted by Gasteiger charge is -2.33. The second-order valence-corrected chi connectivity index (χ2v) is 15.2. The molecule has 12 nitrogen and oxygen atoms in total. The first kappa shape index (κ1) is 42.2. The maximum atomic E-state index is 14.2. The highest BCUT2D eigenvalue weighted by Gasteiger charge is 2.54. The van der Waals surface area contributed by atoms with Gasteiger partial charge >= 0.3 is 30.1 Å². The number of hydrogen-bond acceptors (Lipinski definition) is 12. The summed E-state index contributed by atoms with van der Waals surface area (Å²) in [5, 5.41) is 0. The van der Waals surface area contributed by atoms with Gasteiger partial charge in [0.15, 0.2) is 0 Å². The summed E-state index contributed by atoms with van der Waals surface area (Å²) in [7, 11) is -3.68. The largest absolute Gasteiger partial charge is 0.457 e. The number of nitrogen functional groups attached to an aromatic ring is 2. The summed E-state index contributed by atoms with van der Waals surface area (Å²) in [6.07, 6.45) is -4.84. The molecule has 0 saturated heterocycles. The Hall–Kier alpha value is -7.46. The van der Waals surface area contributed by atoms with Gasteiger partial charge in [-0.1, -0.05) is 31.7 Å². The molecule has 6 aromatic rings. The molecule has 0 atom stereocenters. The van der Waals surface area contributed by atoms with Crippen molar-refractivity contribution in [2.75, 3.05) is 11.5 Å². The van der Waals surface area contributed by atoms with Crippen LogP contribution in [-0.4, -0.2) is 38.5 Å². The Labute approximate surface area is 341 Å². The van der Waals surface area contributed by atoms with Crippen LogP contribution in [0, 0.1) is 0 Å². The van der Waals surface area contributed by atoms with Crippen LogP contribution in [0.4, 0.5) is 24.5 Å². The second-order valence-electron chi connectivity index (χ2n) is 13.3. The van der Waals surface area contributed by atoms with Crippen molar-refractivity contribution in [1.82, 2.24) is 0 Å². The third-order valence-corrected chi connectivity index (χ3v) is 11.3. The van der Waals surface area contributed by atoms with E-state index in [2.05, 4.69) is 9.47 Å². The van der Waals surface area contributed by atoms with Crippen LogP contribution < -0.4 is 20.9 Å². The number of carbonyl (C=O) groups is 4. The highest BCUT2D eigenvalue weighted by molar-refractivity contribution is 7.91. The maximum Gasteiger partial charge on any atom is 0.402 e. The molecular weight excluding hydrogens is 806 g/mol. The van der Waals surface area contributed by atoms with Gasteiger partial charge in [0.25, 0.3) is 0 Å². The summed E-state index contributed by atoms with van der Waals surface area (Å²) < 4.78 is 88.6. The molecule has 2 aliphatic rings. The van der Waals surface area contributed by atoms with Crippen molar-refractivity contribution in [3.8, 4) is 23.0 Å². The molecule has 0 saturated carbocycles. The number of sulfone groups is 1. The minimum atomic E-state index is -4.84. The van der Waals surface area contributed by atoms with Crippen LogP contribution in [0.25, 0.3) is 0 Å². The fourth-order valence-corrected chi connectivity index (χ4v) is 7.49. The Morgan fingerprint density at radius 3 is 1.22 bits per heavy atom. The topological polar surface area (TPSA) is 191 Å². The molecule has 0 bridgehead atoms. The second kappa shape index (κ2) is 16.1. The molecule has 2 heterocycles. The lowest BCUT2D eigenvalue weighted by molar-refractivity contribution is -0.173. The Bertz CT molecular complexity index is 2620. The van der Waals surface area contributed by atoms with E-state index in [4.69, 9.17) is 20.9 Å². The van der Waals surface area contributed by atoms with E-state index in [0.717, 1.165) is 43.3 Å². The van der Waals surface area contributed by atoms with Gasteiger partial charge in [0.05, 0.1) is 32.0 Å². The van der Waals surface area contributed by atoms with Crippen molar-refractivity contribution in [3.63, 3.8) is 0 Å². The Kier molecular flexibility index (Phi) is 11.3. The van der Waals surface area contributed by atoms with Gasteiger partial charge in [0.2, 0.25) is 9.84 Å². The van der Waals surface area contributed by atoms with E-state index < -0.39 is 45.3 Å². The molecule has 4 N–H and O–H groups in total. The summed E-state index contributed by atoms with van der Waals surface area (Å²) in [5.74, 6) is -1.76. The van der Waals surface area contributed by atoms with Gasteiger partial charge in [-0.25, -0.2) is 27.6 Å². The molecule has 0 radical (unpaired) electrons. The molecule has 0 amide bonds. The van der Waals surface area contributed by atoms with Gasteiger partial charge in [-0.05, 0) is 115 Å². The smallest absolute Gasteiger partial charge is 0.402 e. The molecule has 0 spiro atoms. The summed E-state index contributed by atoms with van der Waals surface area (Å²) in [6.45, 7) is 0.876. The SMILES string of the molecule is C.CC(c1ccc2c(c1)C(=O)OC2=O)(c1ccc2c(c1)C(=O)OC2=O)C(F)(F)F.Nc1cccc(Oc2ccc(S(=O)(=O)c3ccc(Oc4cccc(N)c4)cc3)cc2)c1. The summed E-state index contributed by atoms with van der Waals surface area (Å²) in [5.41, 5.74) is 8.56. The van der Waals surface area contributed by atoms with Gasteiger partial charge in [-0.3, -0.25) is 0 Å². The third-order valence-electron chi connectivity index (χ3n) is 9.47. The summed E-state index contributed by atoms with van der Waals surface area (Å²) in [6, 6.07) is 32.7. The van der Waals surface area contributed by atoms with Gasteiger partial charge in [0.1, 0.15) is 28.4 Å². The van der Waals surface area contributed by atoms with Gasteiger partial charge in [-0.15, -0.1) is 0 Å². The number of rotatable bonds is 8. The van der Waals surface area contributed by atoms with Crippen LogP contribution in [0.2, 0.25) is 0 Å². The van der Waals surface area contributed by atoms with Crippen molar-refractivity contribution in [1.29, 1.82) is 0 Å². The number of hydrogen-bond donors (Lipinski definition) is 2. The van der Waals surface area contributed by atoms with E-state index in [1.807, 2.05) is 0 Å². The van der Waals surface area contributed by atoms with Crippen molar-refractivity contribution >= 4 is 45.1 Å². The molecule has 306 valence electrons. The summed E-state index contributed by atoms with van der Waals surface area (Å²) in [4.78, 5) is 46.9. The quantitative estimate of drug-likeness (QED) is 0.0841. The Balaban J connectivity index is 0.000000199. The van der Waals surface area contributed by atoms with Crippen molar-refractivity contribution in [3.05, 3.63) is 167 Å². The number of esters is 4. The first-order valence-corrected chi connectivity index (χ1v) is 18.8. The zero-order chi connectivity index (χ0) is 42.3. The van der Waals surface area contributed by atoms with E-state index in [9.17, 15) is 40.8 Å². The Morgan fingerprint density at radius 2 is 0.867 bits per heavy atom. The van der Waals surface area contributed by atoms with Crippen molar-refractivity contribution < 1.29 is 59.7 Å². The minimum absolute atomic E-state index is 0. The van der Waals surface area contributed by atoms with E-state index in [0.29, 0.717) is 34.4 Å². The molecule has 0 fully saturated rings. The van der Waals surface area contributed by atoms with Crippen molar-refractivity contribution in [2.24, 2.45) is 0 Å². The average molecular weight is 839 g/mol. The lowest BCUT2D eigenvalue weighted by Crippen LogP contribution is -2.41. The van der Waals surface area contributed by atoms with Crippen LogP contribution in [-0.2, 0) is 24.7 Å². The molecule has 0 aliphatic carbocycles. The number of benzene rings is 6. The average Bonchev–Trinajstić information content (AvgIpc) is 3.65. The molecule has 2 aliphatic heterocycles. The number of nitrogens with two attached hydrogens (primary N) is 2. The summed E-state index contributed by atoms with van der Waals surface area (Å²) >= 11 is 0. The van der Waals surface area contributed by atoms with Gasteiger partial charge < -0.3 is 30.4 Å². The molecule has 0 unspecified atom stereocenters. The van der Waals surface area contributed by atoms with E-state index in [1.54, 1.807) is 72.8 Å². The molecule has 6 aromatic carbocycles. The fourth-order valence-electron chi connectivity index (χ4n) is 6.22. The van der Waals surface area contributed by atoms with Crippen LogP contribution in [0.3, 0.4) is 0 Å². The van der Waals surface area contributed by atoms with E-state index >= 15 is 0 Å². The van der Waals surface area contributed by atoms with Crippen LogP contribution in [0.15, 0.2) is 143 Å². The number of ether oxygens (including phenoxy) is 4. The minimum Gasteiger partial charge on any atom is -0.457 e. The molecule has 8 rings (SSSR count). The van der Waals surface area contributed by atoms with Gasteiger partial charge in [0, 0.05) is 23.5 Å². The normalized spacial score (nSPS) is 13.2. The number of anilines is 2. The lowest BCUT2D eigenvalue weighted by atomic mass is 9.74. The Morgan fingerprint density at radius 1 is 0.500 bits per heavy atom. The van der Waals surface area contributed by atoms with Crippen molar-refractivity contribution in [2.45, 2.75) is 35.7 Å². The monoisotopic (exact) mass is 838 g/mol. The highest BCUT2D eigenvalue weighted by atomic mass is 32.2. The predicted molar refractivity (Wildman–Crippen MR) is 212 cm³/mol. The number of fused-ring (bicyclic) bond motifs is 2. The molecule has 60 heavy (non-hydrogen) atoms. The fraction of sp³-hybridized carbons (Fsp3) is 0.0909. The molecule has 16 heteroatoms. The number of alkyl halides is 3. The molecular formula is C44H33F3N2O10S. The third kappa shape index (κ3) is 8.13. The van der Waals surface area contributed by atoms with Crippen LogP contribution in [0.5, 0.6) is 23.0 Å². The zero-order valence-corrected chi connectivity index (χ0v) is 31.3. The predicted octanol–water partition coefficient (Wildman–Crippen LogP) is 9.08. The van der Waals surface area contributed by atoms with Gasteiger partial charge in [-0.2, -0.15) is 13.2 Å². The highest BCUT2D eigenvalue weighted by Crippen LogP contribution is 2.47. The zero-order valence-electron chi connectivity index (χ0n) is 30.5. The maximum absolute atomic E-state index is 14.2. The first-order chi connectivity index (χ1) is 27.9. The number of carbonyl (C=O) groups excluding carboxylic acids is 4. The number of cyclic esters (lactones) is 4.